The Balaban J connectivity index is 1.59. The monoisotopic (exact) mass is 601 g/mol. The molecule has 1 aliphatic heterocycles. The van der Waals surface area contributed by atoms with Crippen molar-refractivity contribution >= 4 is 27.0 Å². The number of hydrogen-bond acceptors (Lipinski definition) is 6. The van der Waals surface area contributed by atoms with E-state index in [9.17, 15) is 30.8 Å². The summed E-state index contributed by atoms with van der Waals surface area (Å²) >= 11 is 0. The lowest BCUT2D eigenvalue weighted by Gasteiger charge is -2.37. The predicted octanol–water partition coefficient (Wildman–Crippen LogP) is 5.66. The predicted molar refractivity (Wildman–Crippen MR) is 137 cm³/mol. The molecule has 0 aliphatic carbocycles. The number of carbonyl (C=O) groups excluding carboxylic acids is 1. The molecule has 1 saturated heterocycles. The molecule has 4 rings (SSSR count). The summed E-state index contributed by atoms with van der Waals surface area (Å²) in [7, 11) is -6.48. The van der Waals surface area contributed by atoms with Crippen molar-refractivity contribution in [2.75, 3.05) is 13.2 Å². The van der Waals surface area contributed by atoms with Crippen LogP contribution in [0.3, 0.4) is 0 Å². The maximum atomic E-state index is 13.8. The van der Waals surface area contributed by atoms with Gasteiger partial charge in [0.05, 0.1) is 16.5 Å². The van der Waals surface area contributed by atoms with Gasteiger partial charge in [-0.1, -0.05) is 18.2 Å². The number of ether oxygens (including phenoxy) is 3. The average molecular weight is 602 g/mol. The zero-order chi connectivity index (χ0) is 29.3. The van der Waals surface area contributed by atoms with Crippen LogP contribution in [0.1, 0.15) is 29.8 Å². The second-order valence-electron chi connectivity index (χ2n) is 9.13. The van der Waals surface area contributed by atoms with Crippen molar-refractivity contribution in [1.82, 2.24) is 0 Å². The van der Waals surface area contributed by atoms with Crippen molar-refractivity contribution in [3.05, 3.63) is 90.0 Å². The number of rotatable bonds is 8. The third-order valence-electron chi connectivity index (χ3n) is 6.14. The fourth-order valence-electron chi connectivity index (χ4n) is 3.83. The standard InChI is InChI=1S/C27H24F4O7S2/c1-18(27(30,31)40(33,34)35)38-24(32)19-8-12-22(13-9-19)39(21-6-4-3-5-7-21)23-14-10-20(11-15-23)25(2)36-16-26(28,29)17-37-25/h3-15,18H,16-17H2,1-2H3/p+1. The molecule has 40 heavy (non-hydrogen) atoms. The van der Waals surface area contributed by atoms with Crippen LogP contribution in [0.25, 0.3) is 0 Å². The minimum absolute atomic E-state index is 0.106. The molecule has 7 nitrogen and oxygen atoms in total. The molecule has 1 fully saturated rings. The molecule has 2 unspecified atom stereocenters. The molecule has 214 valence electrons. The molecule has 0 saturated carbocycles. The first-order valence-corrected chi connectivity index (χ1v) is 14.5. The van der Waals surface area contributed by atoms with E-state index in [1.807, 2.05) is 42.5 Å². The Bertz CT molecular complexity index is 1440. The fourth-order valence-corrected chi connectivity index (χ4v) is 6.36. The van der Waals surface area contributed by atoms with Gasteiger partial charge in [-0.05, 0) is 74.5 Å². The summed E-state index contributed by atoms with van der Waals surface area (Å²) in [6.45, 7) is 0.700. The van der Waals surface area contributed by atoms with Gasteiger partial charge >= 0.3 is 21.3 Å². The van der Waals surface area contributed by atoms with Crippen LogP contribution >= 0.6 is 0 Å². The summed E-state index contributed by atoms with van der Waals surface area (Å²) in [6.07, 6.45) is -2.43. The highest BCUT2D eigenvalue weighted by Gasteiger charge is 2.52. The van der Waals surface area contributed by atoms with E-state index in [0.717, 1.165) is 14.7 Å². The average Bonchev–Trinajstić information content (AvgIpc) is 2.91. The van der Waals surface area contributed by atoms with Gasteiger partial charge in [0.25, 0.3) is 5.92 Å². The third-order valence-corrected chi connectivity index (χ3v) is 9.39. The van der Waals surface area contributed by atoms with E-state index in [1.165, 1.54) is 12.1 Å². The minimum atomic E-state index is -5.79. The number of carbonyl (C=O) groups is 1. The van der Waals surface area contributed by atoms with E-state index in [0.29, 0.717) is 12.5 Å². The summed E-state index contributed by atoms with van der Waals surface area (Å²) in [5.41, 5.74) is 0.447. The number of benzene rings is 3. The van der Waals surface area contributed by atoms with Crippen LogP contribution in [0.4, 0.5) is 17.6 Å². The van der Waals surface area contributed by atoms with Gasteiger partial charge in [0.15, 0.2) is 26.6 Å². The lowest BCUT2D eigenvalue weighted by Crippen LogP contribution is -2.46. The van der Waals surface area contributed by atoms with Crippen molar-refractivity contribution < 1.29 is 49.5 Å². The molecule has 0 amide bonds. The van der Waals surface area contributed by atoms with Gasteiger partial charge in [-0.15, -0.1) is 0 Å². The van der Waals surface area contributed by atoms with Gasteiger partial charge in [0, 0.05) is 5.56 Å². The largest absolute Gasteiger partial charge is 0.451 e. The molecule has 0 aromatic heterocycles. The smallest absolute Gasteiger partial charge is 0.405 e. The zero-order valence-corrected chi connectivity index (χ0v) is 22.9. The van der Waals surface area contributed by atoms with Gasteiger partial charge in [0.2, 0.25) is 0 Å². The Labute approximate surface area is 231 Å². The second kappa shape index (κ2) is 11.1. The van der Waals surface area contributed by atoms with E-state index < -0.39 is 63.3 Å². The Kier molecular flexibility index (Phi) is 8.35. The van der Waals surface area contributed by atoms with E-state index in [4.69, 9.17) is 14.0 Å². The molecule has 13 heteroatoms. The lowest BCUT2D eigenvalue weighted by atomic mass is 10.1. The normalized spacial score (nSPS) is 18.5. The molecule has 2 atom stereocenters. The van der Waals surface area contributed by atoms with Gasteiger partial charge in [0.1, 0.15) is 13.2 Å². The van der Waals surface area contributed by atoms with E-state index in [1.54, 1.807) is 31.2 Å². The first-order chi connectivity index (χ1) is 18.6. The van der Waals surface area contributed by atoms with Crippen molar-refractivity contribution in [2.24, 2.45) is 0 Å². The number of hydrogen-bond donors (Lipinski definition) is 1. The van der Waals surface area contributed by atoms with Crippen molar-refractivity contribution in [1.29, 1.82) is 0 Å². The molecule has 1 aliphatic rings. The van der Waals surface area contributed by atoms with Crippen LogP contribution in [0.15, 0.2) is 93.5 Å². The molecule has 1 N–H and O–H groups in total. The maximum absolute atomic E-state index is 13.8. The molecule has 3 aromatic carbocycles. The first-order valence-electron chi connectivity index (χ1n) is 11.8. The van der Waals surface area contributed by atoms with Crippen LogP contribution in [0.5, 0.6) is 0 Å². The van der Waals surface area contributed by atoms with Gasteiger partial charge < -0.3 is 14.2 Å². The Morgan fingerprint density at radius 1 is 0.925 bits per heavy atom. The van der Waals surface area contributed by atoms with Crippen LogP contribution in [0.2, 0.25) is 0 Å². The molecule has 0 bridgehead atoms. The highest BCUT2D eigenvalue weighted by Crippen LogP contribution is 2.37. The Morgan fingerprint density at radius 2 is 1.40 bits per heavy atom. The van der Waals surface area contributed by atoms with Crippen LogP contribution < -0.4 is 0 Å². The molecule has 1 heterocycles. The van der Waals surface area contributed by atoms with Crippen molar-refractivity contribution in [2.45, 2.75) is 51.6 Å². The molecule has 3 aromatic rings. The Morgan fingerprint density at radius 3 is 1.90 bits per heavy atom. The number of halogens is 4. The molecular weight excluding hydrogens is 576 g/mol. The zero-order valence-electron chi connectivity index (χ0n) is 21.2. The van der Waals surface area contributed by atoms with E-state index in [-0.39, 0.29) is 5.56 Å². The fraction of sp³-hybridized carbons (Fsp3) is 0.296. The SMILES string of the molecule is CC(OC(=O)c1ccc([S+](c2ccccc2)c2ccc(C3(C)OCC(F)(F)CO3)cc2)cc1)C(F)(F)S(=O)(=O)O. The quantitative estimate of drug-likeness (QED) is 0.154. The number of alkyl halides is 4. The van der Waals surface area contributed by atoms with Crippen molar-refractivity contribution in [3.63, 3.8) is 0 Å². The highest BCUT2D eigenvalue weighted by atomic mass is 32.2. The Hall–Kier alpha value is -2.97. The number of esters is 1. The third kappa shape index (κ3) is 6.33. The van der Waals surface area contributed by atoms with Crippen LogP contribution in [-0.4, -0.2) is 49.4 Å². The summed E-state index contributed by atoms with van der Waals surface area (Å²) in [4.78, 5) is 14.9. The van der Waals surface area contributed by atoms with Crippen LogP contribution in [-0.2, 0) is 41.0 Å². The molecule has 0 spiro atoms. The summed E-state index contributed by atoms with van der Waals surface area (Å²) in [6, 6.07) is 22.4. The van der Waals surface area contributed by atoms with Crippen molar-refractivity contribution in [3.8, 4) is 0 Å². The van der Waals surface area contributed by atoms with Gasteiger partial charge in [-0.3, -0.25) is 4.55 Å². The molecule has 0 radical (unpaired) electrons. The highest BCUT2D eigenvalue weighted by molar-refractivity contribution is 7.97. The topological polar surface area (TPSA) is 99.1 Å². The summed E-state index contributed by atoms with van der Waals surface area (Å²) < 4.78 is 100. The molecular formula is C27H25F4O7S2+. The van der Waals surface area contributed by atoms with Gasteiger partial charge in [-0.2, -0.15) is 17.2 Å². The van der Waals surface area contributed by atoms with Gasteiger partial charge in [-0.25, -0.2) is 13.6 Å². The second-order valence-corrected chi connectivity index (χ2v) is 12.7. The van der Waals surface area contributed by atoms with E-state index in [2.05, 4.69) is 4.74 Å². The summed E-state index contributed by atoms with van der Waals surface area (Å²) in [5.74, 6) is -5.60. The van der Waals surface area contributed by atoms with E-state index >= 15 is 0 Å². The van der Waals surface area contributed by atoms with Crippen LogP contribution in [0, 0.1) is 0 Å². The maximum Gasteiger partial charge on any atom is 0.405 e. The lowest BCUT2D eigenvalue weighted by molar-refractivity contribution is -0.328. The minimum Gasteiger partial charge on any atom is -0.451 e. The summed E-state index contributed by atoms with van der Waals surface area (Å²) in [5, 5.41) is -4.68. The first kappa shape index (κ1) is 30.0.